The van der Waals surface area contributed by atoms with E-state index in [1.54, 1.807) is 30.6 Å². The van der Waals surface area contributed by atoms with E-state index in [-0.39, 0.29) is 18.0 Å². The van der Waals surface area contributed by atoms with Gasteiger partial charge in [-0.05, 0) is 11.6 Å². The maximum absolute atomic E-state index is 12.2. The van der Waals surface area contributed by atoms with E-state index in [1.165, 1.54) is 12.4 Å². The van der Waals surface area contributed by atoms with Crippen LogP contribution in [0.4, 0.5) is 0 Å². The van der Waals surface area contributed by atoms with Gasteiger partial charge in [0.15, 0.2) is 0 Å². The summed E-state index contributed by atoms with van der Waals surface area (Å²) < 4.78 is 26.9. The number of hydrogen-bond acceptors (Lipinski definition) is 5. The minimum atomic E-state index is -3.59. The molecule has 2 aromatic rings. The van der Waals surface area contributed by atoms with E-state index in [2.05, 4.69) is 14.7 Å². The van der Waals surface area contributed by atoms with Crippen molar-refractivity contribution < 1.29 is 8.42 Å². The molecule has 0 bridgehead atoms. The lowest BCUT2D eigenvalue weighted by Gasteiger charge is -2.10. The molecule has 0 atom stereocenters. The molecule has 0 aliphatic rings. The average Bonchev–Trinajstić information content (AvgIpc) is 2.46. The Morgan fingerprint density at radius 3 is 2.53 bits per heavy atom. The average molecular weight is 278 g/mol. The van der Waals surface area contributed by atoms with E-state index in [0.717, 1.165) is 0 Å². The Kier molecular flexibility index (Phi) is 4.20. The van der Waals surface area contributed by atoms with Gasteiger partial charge < -0.3 is 5.73 Å². The molecule has 100 valence electrons. The Morgan fingerprint density at radius 1 is 1.16 bits per heavy atom. The van der Waals surface area contributed by atoms with E-state index >= 15 is 0 Å². The lowest BCUT2D eigenvalue weighted by molar-refractivity contribution is 0.580. The van der Waals surface area contributed by atoms with Gasteiger partial charge in [0.25, 0.3) is 0 Å². The molecule has 2 rings (SSSR count). The zero-order valence-electron chi connectivity index (χ0n) is 10.2. The van der Waals surface area contributed by atoms with Crippen molar-refractivity contribution in [3.8, 4) is 0 Å². The van der Waals surface area contributed by atoms with Gasteiger partial charge in [0.05, 0.1) is 4.90 Å². The molecule has 0 unspecified atom stereocenters. The van der Waals surface area contributed by atoms with Crippen molar-refractivity contribution in [2.45, 2.75) is 18.0 Å². The number of aromatic nitrogens is 2. The second-order valence-corrected chi connectivity index (χ2v) is 5.62. The minimum Gasteiger partial charge on any atom is -0.326 e. The number of sulfonamides is 1. The van der Waals surface area contributed by atoms with Gasteiger partial charge in [0, 0.05) is 31.0 Å². The monoisotopic (exact) mass is 278 g/mol. The third-order valence-corrected chi connectivity index (χ3v) is 4.06. The summed E-state index contributed by atoms with van der Waals surface area (Å²) in [5.41, 5.74) is 6.82. The van der Waals surface area contributed by atoms with Crippen LogP contribution in [0.15, 0.2) is 47.9 Å². The predicted octanol–water partition coefficient (Wildman–Crippen LogP) is 0.414. The van der Waals surface area contributed by atoms with Crippen LogP contribution in [0.2, 0.25) is 0 Å². The topological polar surface area (TPSA) is 98.0 Å². The van der Waals surface area contributed by atoms with Crippen LogP contribution in [0.1, 0.15) is 11.1 Å². The van der Waals surface area contributed by atoms with Gasteiger partial charge in [0.1, 0.15) is 6.33 Å². The van der Waals surface area contributed by atoms with Gasteiger partial charge in [-0.2, -0.15) is 0 Å². The highest BCUT2D eigenvalue weighted by molar-refractivity contribution is 7.89. The second-order valence-electron chi connectivity index (χ2n) is 3.88. The fourth-order valence-corrected chi connectivity index (χ4v) is 2.88. The van der Waals surface area contributed by atoms with Gasteiger partial charge in [-0.1, -0.05) is 18.2 Å². The summed E-state index contributed by atoms with van der Waals surface area (Å²) in [6, 6.07) is 6.65. The largest absolute Gasteiger partial charge is 0.326 e. The van der Waals surface area contributed by atoms with Crippen molar-refractivity contribution in [1.29, 1.82) is 0 Å². The molecule has 19 heavy (non-hydrogen) atoms. The van der Waals surface area contributed by atoms with E-state index < -0.39 is 10.0 Å². The molecule has 0 saturated carbocycles. The van der Waals surface area contributed by atoms with Crippen molar-refractivity contribution in [1.82, 2.24) is 14.7 Å². The fourth-order valence-electron chi connectivity index (χ4n) is 1.61. The van der Waals surface area contributed by atoms with E-state index in [4.69, 9.17) is 5.73 Å². The first-order valence-electron chi connectivity index (χ1n) is 5.65. The summed E-state index contributed by atoms with van der Waals surface area (Å²) in [4.78, 5) is 7.85. The normalized spacial score (nSPS) is 11.4. The smallest absolute Gasteiger partial charge is 0.241 e. The number of nitrogens with two attached hydrogens (primary N) is 1. The molecule has 0 radical (unpaired) electrons. The molecule has 1 heterocycles. The van der Waals surface area contributed by atoms with Gasteiger partial charge in [-0.15, -0.1) is 0 Å². The Balaban J connectivity index is 2.19. The minimum absolute atomic E-state index is 0.141. The van der Waals surface area contributed by atoms with Crippen LogP contribution in [0.5, 0.6) is 0 Å². The van der Waals surface area contributed by atoms with Crippen molar-refractivity contribution >= 4 is 10.0 Å². The summed E-state index contributed by atoms with van der Waals surface area (Å²) in [5, 5.41) is 0. The molecule has 0 fully saturated rings. The van der Waals surface area contributed by atoms with Crippen LogP contribution < -0.4 is 10.5 Å². The zero-order valence-corrected chi connectivity index (χ0v) is 11.0. The molecule has 0 aliphatic heterocycles. The maximum atomic E-state index is 12.2. The fraction of sp³-hybridized carbons (Fsp3) is 0.167. The first-order chi connectivity index (χ1) is 9.13. The van der Waals surface area contributed by atoms with Crippen LogP contribution in [0.3, 0.4) is 0 Å². The highest BCUT2D eigenvalue weighted by Crippen LogP contribution is 2.14. The Labute approximate surface area is 111 Å². The number of nitrogens with one attached hydrogen (secondary N) is 1. The molecule has 6 nitrogen and oxygen atoms in total. The lowest BCUT2D eigenvalue weighted by atomic mass is 10.2. The molecule has 3 N–H and O–H groups in total. The van der Waals surface area contributed by atoms with Crippen LogP contribution in [0.25, 0.3) is 0 Å². The highest BCUT2D eigenvalue weighted by Gasteiger charge is 2.16. The molecule has 1 aromatic carbocycles. The Morgan fingerprint density at radius 2 is 1.84 bits per heavy atom. The SMILES string of the molecule is NCc1ccccc1S(=O)(=O)NCc1cncnc1. The van der Waals surface area contributed by atoms with Crippen LogP contribution in [0, 0.1) is 0 Å². The van der Waals surface area contributed by atoms with Gasteiger partial charge in [0.2, 0.25) is 10.0 Å². The van der Waals surface area contributed by atoms with Crippen LogP contribution in [-0.4, -0.2) is 18.4 Å². The second kappa shape index (κ2) is 5.87. The van der Waals surface area contributed by atoms with Crippen LogP contribution in [-0.2, 0) is 23.1 Å². The van der Waals surface area contributed by atoms with Crippen molar-refractivity contribution in [3.05, 3.63) is 54.1 Å². The Bertz CT molecular complexity index is 644. The summed E-state index contributed by atoms with van der Waals surface area (Å²) in [6.45, 7) is 0.313. The molecular weight excluding hydrogens is 264 g/mol. The highest BCUT2D eigenvalue weighted by atomic mass is 32.2. The number of nitrogens with zero attached hydrogens (tertiary/aromatic N) is 2. The first kappa shape index (κ1) is 13.6. The predicted molar refractivity (Wildman–Crippen MR) is 70.4 cm³/mol. The number of hydrogen-bond donors (Lipinski definition) is 2. The molecule has 0 spiro atoms. The molecular formula is C12H14N4O2S. The number of benzene rings is 1. The third-order valence-electron chi connectivity index (χ3n) is 2.56. The van der Waals surface area contributed by atoms with Crippen molar-refractivity contribution in [2.75, 3.05) is 0 Å². The van der Waals surface area contributed by atoms with Crippen molar-refractivity contribution in [2.24, 2.45) is 5.73 Å². The first-order valence-corrected chi connectivity index (χ1v) is 7.13. The van der Waals surface area contributed by atoms with Gasteiger partial charge in [-0.25, -0.2) is 23.1 Å². The van der Waals surface area contributed by atoms with Gasteiger partial charge >= 0.3 is 0 Å². The van der Waals surface area contributed by atoms with Crippen molar-refractivity contribution in [3.63, 3.8) is 0 Å². The molecule has 7 heteroatoms. The van der Waals surface area contributed by atoms with E-state index in [1.807, 2.05) is 0 Å². The van der Waals surface area contributed by atoms with Crippen LogP contribution >= 0.6 is 0 Å². The molecule has 0 amide bonds. The van der Waals surface area contributed by atoms with E-state index in [0.29, 0.717) is 11.1 Å². The molecule has 0 aliphatic carbocycles. The zero-order chi connectivity index (χ0) is 13.7. The Hall–Kier alpha value is -1.83. The standard InChI is InChI=1S/C12H14N4O2S/c13-5-11-3-1-2-4-12(11)19(17,18)16-8-10-6-14-9-15-7-10/h1-4,6-7,9,16H,5,8,13H2. The number of rotatable bonds is 5. The summed E-state index contributed by atoms with van der Waals surface area (Å²) in [7, 11) is -3.59. The quantitative estimate of drug-likeness (QED) is 0.825. The third kappa shape index (κ3) is 3.34. The molecule has 0 saturated heterocycles. The summed E-state index contributed by atoms with van der Waals surface area (Å²) >= 11 is 0. The summed E-state index contributed by atoms with van der Waals surface area (Å²) in [5.74, 6) is 0. The van der Waals surface area contributed by atoms with E-state index in [9.17, 15) is 8.42 Å². The molecule has 1 aromatic heterocycles. The van der Waals surface area contributed by atoms with Gasteiger partial charge in [-0.3, -0.25) is 0 Å². The lowest BCUT2D eigenvalue weighted by Crippen LogP contribution is -2.25. The maximum Gasteiger partial charge on any atom is 0.241 e. The summed E-state index contributed by atoms with van der Waals surface area (Å²) in [6.07, 6.45) is 4.51.